The van der Waals surface area contributed by atoms with E-state index in [2.05, 4.69) is 10.1 Å². The first kappa shape index (κ1) is 19.0. The second kappa shape index (κ2) is 8.15. The number of carbonyl (C=O) groups is 2. The molecule has 0 saturated heterocycles. The summed E-state index contributed by atoms with van der Waals surface area (Å²) in [6, 6.07) is 6.99. The average Bonchev–Trinajstić information content (AvgIpc) is 2.62. The number of nitrogens with zero attached hydrogens (tertiary/aromatic N) is 1. The van der Waals surface area contributed by atoms with Crippen molar-refractivity contribution in [2.24, 2.45) is 0 Å². The zero-order valence-corrected chi connectivity index (χ0v) is 13.6. The molecule has 0 aliphatic rings. The maximum absolute atomic E-state index is 13.3. The van der Waals surface area contributed by atoms with Gasteiger partial charge in [0.1, 0.15) is 6.04 Å². The molecule has 2 aromatic carbocycles. The first-order chi connectivity index (χ1) is 12.3. The minimum absolute atomic E-state index is 0.207. The number of nitro benzene ring substituents is 1. The largest absolute Gasteiger partial charge is 0.467 e. The molecule has 0 spiro atoms. The lowest BCUT2D eigenvalue weighted by Crippen LogP contribution is -2.43. The van der Waals surface area contributed by atoms with E-state index in [4.69, 9.17) is 0 Å². The number of rotatable bonds is 6. The summed E-state index contributed by atoms with van der Waals surface area (Å²) >= 11 is 0. The van der Waals surface area contributed by atoms with E-state index in [9.17, 15) is 28.5 Å². The van der Waals surface area contributed by atoms with Gasteiger partial charge in [-0.2, -0.15) is 0 Å². The Hall–Kier alpha value is -3.36. The molecule has 26 heavy (non-hydrogen) atoms. The predicted molar refractivity (Wildman–Crippen MR) is 86.4 cm³/mol. The highest BCUT2D eigenvalue weighted by Crippen LogP contribution is 2.20. The van der Waals surface area contributed by atoms with Crippen molar-refractivity contribution in [3.05, 3.63) is 75.3 Å². The molecule has 9 heteroatoms. The minimum atomic E-state index is -1.25. The van der Waals surface area contributed by atoms with Crippen molar-refractivity contribution in [1.82, 2.24) is 5.32 Å². The van der Waals surface area contributed by atoms with Gasteiger partial charge in [0.2, 0.25) is 0 Å². The Morgan fingerprint density at radius 3 is 2.50 bits per heavy atom. The third-order valence-electron chi connectivity index (χ3n) is 3.59. The van der Waals surface area contributed by atoms with Gasteiger partial charge in [-0.25, -0.2) is 13.6 Å². The second-order valence-corrected chi connectivity index (χ2v) is 5.27. The van der Waals surface area contributed by atoms with Crippen LogP contribution in [0.4, 0.5) is 14.5 Å². The van der Waals surface area contributed by atoms with Crippen LogP contribution < -0.4 is 5.32 Å². The maximum atomic E-state index is 13.3. The van der Waals surface area contributed by atoms with Gasteiger partial charge in [0.15, 0.2) is 11.6 Å². The highest BCUT2D eigenvalue weighted by Gasteiger charge is 2.26. The van der Waals surface area contributed by atoms with Gasteiger partial charge in [-0.3, -0.25) is 14.9 Å². The highest BCUT2D eigenvalue weighted by atomic mass is 19.2. The summed E-state index contributed by atoms with van der Waals surface area (Å²) in [5, 5.41) is 13.4. The van der Waals surface area contributed by atoms with Crippen LogP contribution in [0.1, 0.15) is 15.9 Å². The smallest absolute Gasteiger partial charge is 0.328 e. The van der Waals surface area contributed by atoms with Gasteiger partial charge in [-0.15, -0.1) is 0 Å². The predicted octanol–water partition coefficient (Wildman–Crippen LogP) is 2.39. The van der Waals surface area contributed by atoms with Crippen molar-refractivity contribution in [1.29, 1.82) is 0 Å². The van der Waals surface area contributed by atoms with E-state index in [1.807, 2.05) is 0 Å². The summed E-state index contributed by atoms with van der Waals surface area (Å²) in [7, 11) is 1.10. The summed E-state index contributed by atoms with van der Waals surface area (Å²) in [6.45, 7) is 0. The first-order valence-corrected chi connectivity index (χ1v) is 7.39. The van der Waals surface area contributed by atoms with Crippen molar-refractivity contribution >= 4 is 17.6 Å². The number of halogens is 2. The number of hydrogen-bond acceptors (Lipinski definition) is 5. The van der Waals surface area contributed by atoms with Gasteiger partial charge in [-0.05, 0) is 18.2 Å². The standard InChI is InChI=1S/C17H14F2N2O5/c1-26-17(23)14(9-10-4-2-3-5-15(10)21(24)25)20-16(22)11-6-7-12(18)13(19)8-11/h2-8,14H,9H2,1H3,(H,20,22)/t14-/m0/s1. The quantitative estimate of drug-likeness (QED) is 0.482. The summed E-state index contributed by atoms with van der Waals surface area (Å²) in [5.41, 5.74) is -0.220. The van der Waals surface area contributed by atoms with Gasteiger partial charge >= 0.3 is 5.97 Å². The van der Waals surface area contributed by atoms with Gasteiger partial charge in [0, 0.05) is 23.6 Å². The zero-order chi connectivity index (χ0) is 19.3. The number of amides is 1. The minimum Gasteiger partial charge on any atom is -0.467 e. The monoisotopic (exact) mass is 364 g/mol. The van der Waals surface area contributed by atoms with E-state index < -0.39 is 34.5 Å². The fraction of sp³-hybridized carbons (Fsp3) is 0.176. The fourth-order valence-corrected chi connectivity index (χ4v) is 2.30. The third kappa shape index (κ3) is 4.38. The third-order valence-corrected chi connectivity index (χ3v) is 3.59. The number of hydrogen-bond donors (Lipinski definition) is 1. The van der Waals surface area contributed by atoms with E-state index in [0.717, 1.165) is 19.2 Å². The molecule has 1 amide bonds. The molecule has 1 atom stereocenters. The van der Waals surface area contributed by atoms with Gasteiger partial charge in [0.25, 0.3) is 11.6 Å². The summed E-state index contributed by atoms with van der Waals surface area (Å²) in [6.07, 6.45) is -0.209. The molecule has 0 aliphatic carbocycles. The van der Waals surface area contributed by atoms with Crippen molar-refractivity contribution in [3.8, 4) is 0 Å². The van der Waals surface area contributed by atoms with Crippen LogP contribution in [0.25, 0.3) is 0 Å². The zero-order valence-electron chi connectivity index (χ0n) is 13.6. The molecule has 0 heterocycles. The highest BCUT2D eigenvalue weighted by molar-refractivity contribution is 5.96. The van der Waals surface area contributed by atoms with E-state index >= 15 is 0 Å². The van der Waals surface area contributed by atoms with Crippen molar-refractivity contribution < 1.29 is 28.0 Å². The Balaban J connectivity index is 2.25. The van der Waals surface area contributed by atoms with E-state index in [0.29, 0.717) is 6.07 Å². The van der Waals surface area contributed by atoms with Crippen LogP contribution in [0, 0.1) is 21.7 Å². The van der Waals surface area contributed by atoms with Crippen LogP contribution >= 0.6 is 0 Å². The average molecular weight is 364 g/mol. The molecule has 2 aromatic rings. The Bertz CT molecular complexity index is 857. The summed E-state index contributed by atoms with van der Waals surface area (Å²) in [4.78, 5) is 34.6. The lowest BCUT2D eigenvalue weighted by molar-refractivity contribution is -0.385. The lowest BCUT2D eigenvalue weighted by atomic mass is 10.0. The SMILES string of the molecule is COC(=O)[C@H](Cc1ccccc1[N+](=O)[O-])NC(=O)c1ccc(F)c(F)c1. The van der Waals surface area contributed by atoms with Crippen LogP contribution in [0.15, 0.2) is 42.5 Å². The van der Waals surface area contributed by atoms with Crippen molar-refractivity contribution in [2.45, 2.75) is 12.5 Å². The molecule has 0 saturated carbocycles. The number of nitro groups is 1. The summed E-state index contributed by atoms with van der Waals surface area (Å²) < 4.78 is 30.8. The second-order valence-electron chi connectivity index (χ2n) is 5.27. The van der Waals surface area contributed by atoms with Crippen LogP contribution in [-0.4, -0.2) is 30.0 Å². The Kier molecular flexibility index (Phi) is 5.94. The summed E-state index contributed by atoms with van der Waals surface area (Å²) in [5.74, 6) is -4.02. The van der Waals surface area contributed by atoms with Crippen molar-refractivity contribution in [3.63, 3.8) is 0 Å². The van der Waals surface area contributed by atoms with E-state index in [-0.39, 0.29) is 23.2 Å². The van der Waals surface area contributed by atoms with Crippen LogP contribution in [0.2, 0.25) is 0 Å². The van der Waals surface area contributed by atoms with Crippen LogP contribution in [-0.2, 0) is 16.0 Å². The molecule has 0 bridgehead atoms. The molecule has 7 nitrogen and oxygen atoms in total. The molecule has 0 aromatic heterocycles. The molecule has 0 fully saturated rings. The van der Waals surface area contributed by atoms with Gasteiger partial charge in [0.05, 0.1) is 12.0 Å². The fourth-order valence-electron chi connectivity index (χ4n) is 2.30. The number of para-hydroxylation sites is 1. The number of methoxy groups -OCH3 is 1. The lowest BCUT2D eigenvalue weighted by Gasteiger charge is -2.16. The molecule has 2 rings (SSSR count). The molecule has 0 aliphatic heterocycles. The molecular weight excluding hydrogens is 350 g/mol. The topological polar surface area (TPSA) is 98.5 Å². The van der Waals surface area contributed by atoms with E-state index in [1.54, 1.807) is 6.07 Å². The molecule has 136 valence electrons. The number of carbonyl (C=O) groups excluding carboxylic acids is 2. The molecule has 0 unspecified atom stereocenters. The normalized spacial score (nSPS) is 11.5. The molecular formula is C17H14F2N2O5. The number of nitrogens with one attached hydrogen (secondary N) is 1. The van der Waals surface area contributed by atoms with Crippen LogP contribution in [0.5, 0.6) is 0 Å². The maximum Gasteiger partial charge on any atom is 0.328 e. The van der Waals surface area contributed by atoms with Crippen molar-refractivity contribution in [2.75, 3.05) is 7.11 Å². The van der Waals surface area contributed by atoms with Gasteiger partial charge < -0.3 is 10.1 Å². The van der Waals surface area contributed by atoms with Gasteiger partial charge in [-0.1, -0.05) is 18.2 Å². The Labute approximate surface area is 146 Å². The molecule has 1 N–H and O–H groups in total. The number of esters is 1. The molecule has 0 radical (unpaired) electrons. The number of benzene rings is 2. The Morgan fingerprint density at radius 1 is 1.19 bits per heavy atom. The first-order valence-electron chi connectivity index (χ1n) is 7.39. The number of ether oxygens (including phenoxy) is 1. The van der Waals surface area contributed by atoms with Crippen LogP contribution in [0.3, 0.4) is 0 Å². The Morgan fingerprint density at radius 2 is 1.88 bits per heavy atom. The van der Waals surface area contributed by atoms with E-state index in [1.165, 1.54) is 18.2 Å².